The molecule has 0 saturated heterocycles. The Balaban J connectivity index is 2.10. The van der Waals surface area contributed by atoms with Gasteiger partial charge in [0.15, 0.2) is 12.4 Å². The Labute approximate surface area is 163 Å². The minimum absolute atomic E-state index is 0.913. The molecule has 138 valence electrons. The first-order chi connectivity index (χ1) is 13.2. The van der Waals surface area contributed by atoms with E-state index in [0.29, 0.717) is 0 Å². The van der Waals surface area contributed by atoms with E-state index in [2.05, 4.69) is 103 Å². The van der Waals surface area contributed by atoms with Crippen LogP contribution in [0.15, 0.2) is 91.4 Å². The smallest absolute Gasteiger partial charge is 0.169 e. The van der Waals surface area contributed by atoms with E-state index in [1.807, 2.05) is 18.4 Å². The Morgan fingerprint density at radius 1 is 0.963 bits per heavy atom. The molecule has 0 fully saturated rings. The fraction of sp³-hybridized carbons (Fsp3) is 0.160. The fourth-order valence-corrected chi connectivity index (χ4v) is 2.52. The van der Waals surface area contributed by atoms with Crippen LogP contribution < -0.4 is 9.88 Å². The minimum Gasteiger partial charge on any atom is -0.391 e. The molecule has 0 saturated carbocycles. The van der Waals surface area contributed by atoms with Gasteiger partial charge < -0.3 is 5.32 Å². The average molecular weight is 358 g/mol. The van der Waals surface area contributed by atoms with Gasteiger partial charge in [-0.05, 0) is 54.5 Å². The number of hydrogen-bond acceptors (Lipinski definition) is 1. The lowest BCUT2D eigenvalue weighted by molar-refractivity contribution is -0.693. The van der Waals surface area contributed by atoms with E-state index in [9.17, 15) is 0 Å². The maximum Gasteiger partial charge on any atom is 0.169 e. The van der Waals surface area contributed by atoms with E-state index in [1.54, 1.807) is 6.08 Å². The number of pyridine rings is 1. The lowest BCUT2D eigenvalue weighted by atomic mass is 10.1. The maximum atomic E-state index is 3.79. The predicted molar refractivity (Wildman–Crippen MR) is 118 cm³/mol. The highest BCUT2D eigenvalue weighted by Gasteiger charge is 1.95. The van der Waals surface area contributed by atoms with Crippen molar-refractivity contribution in [1.82, 2.24) is 5.32 Å². The summed E-state index contributed by atoms with van der Waals surface area (Å²) in [6, 6.07) is 12.8. The van der Waals surface area contributed by atoms with Gasteiger partial charge in [-0.3, -0.25) is 0 Å². The van der Waals surface area contributed by atoms with Crippen LogP contribution in [0.5, 0.6) is 0 Å². The number of rotatable bonds is 9. The molecule has 1 heterocycles. The predicted octanol–water partition coefficient (Wildman–Crippen LogP) is 5.41. The quantitative estimate of drug-likeness (QED) is 0.468. The van der Waals surface area contributed by atoms with Crippen molar-refractivity contribution in [3.8, 4) is 0 Å². The summed E-state index contributed by atoms with van der Waals surface area (Å²) in [6.07, 6.45) is 20.5. The number of hydrogen-bond donors (Lipinski definition) is 1. The van der Waals surface area contributed by atoms with Crippen molar-refractivity contribution in [2.45, 2.75) is 20.4 Å². The van der Waals surface area contributed by atoms with E-state index < -0.39 is 0 Å². The molecule has 0 aliphatic carbocycles. The molecule has 2 rings (SSSR count). The highest BCUT2D eigenvalue weighted by Crippen LogP contribution is 2.12. The first-order valence-corrected chi connectivity index (χ1v) is 9.43. The summed E-state index contributed by atoms with van der Waals surface area (Å²) in [5.41, 5.74) is 4.65. The van der Waals surface area contributed by atoms with E-state index in [0.717, 1.165) is 18.7 Å². The van der Waals surface area contributed by atoms with Gasteiger partial charge in [0.05, 0.1) is 0 Å². The van der Waals surface area contributed by atoms with Crippen molar-refractivity contribution >= 4 is 18.2 Å². The van der Waals surface area contributed by atoms with Crippen molar-refractivity contribution in [2.75, 3.05) is 6.54 Å². The van der Waals surface area contributed by atoms with Gasteiger partial charge in [-0.25, -0.2) is 4.57 Å². The van der Waals surface area contributed by atoms with Gasteiger partial charge in [0.1, 0.15) is 6.54 Å². The van der Waals surface area contributed by atoms with Crippen LogP contribution in [0, 0.1) is 0 Å². The van der Waals surface area contributed by atoms with Crippen molar-refractivity contribution < 1.29 is 4.57 Å². The fourth-order valence-electron chi connectivity index (χ4n) is 2.52. The largest absolute Gasteiger partial charge is 0.391 e. The molecule has 0 atom stereocenters. The van der Waals surface area contributed by atoms with Crippen LogP contribution in [0.2, 0.25) is 0 Å². The Morgan fingerprint density at radius 2 is 1.67 bits per heavy atom. The third-order valence-corrected chi connectivity index (χ3v) is 4.04. The number of nitrogens with one attached hydrogen (secondary N) is 1. The van der Waals surface area contributed by atoms with Gasteiger partial charge in [-0.15, -0.1) is 0 Å². The molecule has 0 aliphatic rings. The number of aromatic nitrogens is 1. The zero-order valence-corrected chi connectivity index (χ0v) is 16.3. The van der Waals surface area contributed by atoms with Crippen LogP contribution in [0.3, 0.4) is 0 Å². The number of allylic oxidation sites excluding steroid dienone is 5. The zero-order valence-electron chi connectivity index (χ0n) is 16.3. The highest BCUT2D eigenvalue weighted by molar-refractivity contribution is 5.71. The maximum absolute atomic E-state index is 3.79. The number of benzene rings is 1. The van der Waals surface area contributed by atoms with Crippen molar-refractivity contribution in [3.05, 3.63) is 108 Å². The first kappa shape index (κ1) is 20.2. The zero-order chi connectivity index (χ0) is 19.3. The van der Waals surface area contributed by atoms with Crippen LogP contribution in [0.1, 0.15) is 30.5 Å². The first-order valence-electron chi connectivity index (χ1n) is 9.43. The Morgan fingerprint density at radius 3 is 2.33 bits per heavy atom. The van der Waals surface area contributed by atoms with Gasteiger partial charge >= 0.3 is 0 Å². The molecule has 0 aliphatic heterocycles. The van der Waals surface area contributed by atoms with Gasteiger partial charge in [0.25, 0.3) is 0 Å². The average Bonchev–Trinajstić information content (AvgIpc) is 2.71. The summed E-state index contributed by atoms with van der Waals surface area (Å²) in [5, 5.41) is 3.18. The minimum atomic E-state index is 0.913. The standard InChI is InChI=1S/C25H29N2/c1-4-8-22(15-18-26-5-2)11-13-24-9-7-10-25(21-24)14-12-23-16-19-27(6-3)20-17-23/h4,7-21,26H,1,5-6H2,2-3H3/q+1/b13-11+,14-12+,18-15-,22-8-. The van der Waals surface area contributed by atoms with Crippen LogP contribution in [-0.2, 0) is 6.54 Å². The van der Waals surface area contributed by atoms with Crippen LogP contribution in [0.4, 0.5) is 0 Å². The van der Waals surface area contributed by atoms with Gasteiger partial charge in [-0.2, -0.15) is 0 Å². The molecule has 0 amide bonds. The number of nitrogens with zero attached hydrogens (tertiary/aromatic N) is 1. The molecule has 2 nitrogen and oxygen atoms in total. The molecule has 1 N–H and O–H groups in total. The highest BCUT2D eigenvalue weighted by atomic mass is 14.9. The molecule has 2 heteroatoms. The monoisotopic (exact) mass is 357 g/mol. The van der Waals surface area contributed by atoms with Gasteiger partial charge in [0, 0.05) is 18.7 Å². The lowest BCUT2D eigenvalue weighted by Crippen LogP contribution is -2.30. The van der Waals surface area contributed by atoms with Crippen molar-refractivity contribution in [3.63, 3.8) is 0 Å². The Bertz CT molecular complexity index is 837. The molecule has 1 aromatic carbocycles. The summed E-state index contributed by atoms with van der Waals surface area (Å²) in [6.45, 7) is 9.91. The molecule has 1 aromatic heterocycles. The normalized spacial score (nSPS) is 12.3. The molecule has 0 unspecified atom stereocenters. The van der Waals surface area contributed by atoms with E-state index in [-0.39, 0.29) is 0 Å². The lowest BCUT2D eigenvalue weighted by Gasteiger charge is -1.99. The SMILES string of the molecule is C=C/C=C(\C=C/NCC)/C=C/c1cccc(/C=C/c2cc[n+](CC)cc2)c1. The van der Waals surface area contributed by atoms with Crippen LogP contribution >= 0.6 is 0 Å². The summed E-state index contributed by atoms with van der Waals surface area (Å²) in [5.74, 6) is 0. The molecular weight excluding hydrogens is 328 g/mol. The van der Waals surface area contributed by atoms with Crippen molar-refractivity contribution in [2.24, 2.45) is 0 Å². The number of aryl methyl sites for hydroxylation is 1. The Kier molecular flexibility index (Phi) is 8.58. The molecular formula is C25H29N2+. The van der Waals surface area contributed by atoms with Crippen LogP contribution in [0.25, 0.3) is 18.2 Å². The molecule has 0 spiro atoms. The summed E-state index contributed by atoms with van der Waals surface area (Å²) < 4.78 is 2.15. The van der Waals surface area contributed by atoms with Gasteiger partial charge in [0.2, 0.25) is 0 Å². The van der Waals surface area contributed by atoms with E-state index in [4.69, 9.17) is 0 Å². The second-order valence-corrected chi connectivity index (χ2v) is 6.09. The van der Waals surface area contributed by atoms with Gasteiger partial charge in [-0.1, -0.05) is 61.2 Å². The summed E-state index contributed by atoms with van der Waals surface area (Å²) in [7, 11) is 0. The molecule has 27 heavy (non-hydrogen) atoms. The molecule has 2 aromatic rings. The summed E-state index contributed by atoms with van der Waals surface area (Å²) >= 11 is 0. The van der Waals surface area contributed by atoms with Crippen molar-refractivity contribution in [1.29, 1.82) is 0 Å². The van der Waals surface area contributed by atoms with E-state index >= 15 is 0 Å². The second-order valence-electron chi connectivity index (χ2n) is 6.09. The third-order valence-electron chi connectivity index (χ3n) is 4.04. The molecule has 0 radical (unpaired) electrons. The summed E-state index contributed by atoms with van der Waals surface area (Å²) in [4.78, 5) is 0. The third kappa shape index (κ3) is 7.33. The van der Waals surface area contributed by atoms with E-state index in [1.165, 1.54) is 16.7 Å². The Hall–Kier alpha value is -3.13. The molecule has 0 bridgehead atoms. The second kappa shape index (κ2) is 11.5. The van der Waals surface area contributed by atoms with Crippen LogP contribution in [-0.4, -0.2) is 6.54 Å². The topological polar surface area (TPSA) is 15.9 Å².